The van der Waals surface area contributed by atoms with E-state index < -0.39 is 0 Å². The number of amides is 1. The van der Waals surface area contributed by atoms with Crippen molar-refractivity contribution in [1.82, 2.24) is 5.32 Å². The number of aliphatic imine (C=N–C) groups is 1. The maximum absolute atomic E-state index is 13.7. The van der Waals surface area contributed by atoms with Crippen LogP contribution in [0, 0.1) is 5.82 Å². The number of nitrogens with one attached hydrogen (secondary N) is 1. The zero-order valence-electron chi connectivity index (χ0n) is 11.4. The van der Waals surface area contributed by atoms with Gasteiger partial charge in [0.2, 0.25) is 0 Å². The Morgan fingerprint density at radius 2 is 2.30 bits per heavy atom. The molecule has 0 heterocycles. The van der Waals surface area contributed by atoms with Crippen LogP contribution < -0.4 is 11.1 Å². The molecule has 0 atom stereocenters. The highest BCUT2D eigenvalue weighted by Crippen LogP contribution is 2.20. The number of benzene rings is 1. The maximum Gasteiger partial charge on any atom is 0.281 e. The molecule has 0 bridgehead atoms. The van der Waals surface area contributed by atoms with Gasteiger partial charge in [-0.2, -0.15) is 0 Å². The second kappa shape index (κ2) is 6.36. The van der Waals surface area contributed by atoms with Crippen LogP contribution in [0.25, 0.3) is 0 Å². The Bertz CT molecular complexity index is 527. The molecule has 1 aliphatic rings. The van der Waals surface area contributed by atoms with Crippen LogP contribution in [0.3, 0.4) is 0 Å². The lowest BCUT2D eigenvalue weighted by atomic mass is 10.1. The molecular weight excluding hydrogens is 261 g/mol. The molecule has 1 aromatic rings. The molecular formula is C14H18FN3O2. The van der Waals surface area contributed by atoms with E-state index in [1.807, 2.05) is 0 Å². The molecule has 5 nitrogen and oxygen atoms in total. The van der Waals surface area contributed by atoms with Crippen LogP contribution in [0.2, 0.25) is 0 Å². The Morgan fingerprint density at radius 3 is 2.95 bits per heavy atom. The molecule has 1 aromatic carbocycles. The van der Waals surface area contributed by atoms with Crippen molar-refractivity contribution in [2.45, 2.75) is 25.3 Å². The first-order chi connectivity index (χ1) is 9.60. The highest BCUT2D eigenvalue weighted by molar-refractivity contribution is 5.94. The van der Waals surface area contributed by atoms with Gasteiger partial charge in [0.1, 0.15) is 5.82 Å². The highest BCUT2D eigenvalue weighted by atomic mass is 19.1. The van der Waals surface area contributed by atoms with Gasteiger partial charge in [-0.15, -0.1) is 0 Å². The van der Waals surface area contributed by atoms with Crippen LogP contribution in [-0.4, -0.2) is 31.6 Å². The third-order valence-electron chi connectivity index (χ3n) is 3.06. The van der Waals surface area contributed by atoms with Gasteiger partial charge < -0.3 is 15.8 Å². The zero-order chi connectivity index (χ0) is 14.5. The molecule has 108 valence electrons. The number of ether oxygens (including phenoxy) is 1. The van der Waals surface area contributed by atoms with Crippen molar-refractivity contribution in [2.24, 2.45) is 10.7 Å². The fraction of sp³-hybridized carbons (Fsp3) is 0.429. The van der Waals surface area contributed by atoms with Gasteiger partial charge in [0.15, 0.2) is 0 Å². The van der Waals surface area contributed by atoms with Gasteiger partial charge in [-0.05, 0) is 36.6 Å². The number of hydrogen-bond acceptors (Lipinski definition) is 3. The summed E-state index contributed by atoms with van der Waals surface area (Å²) in [4.78, 5) is 15.5. The number of carbonyl (C=O) groups is 1. The van der Waals surface area contributed by atoms with Crippen molar-refractivity contribution in [3.05, 3.63) is 35.1 Å². The van der Waals surface area contributed by atoms with Crippen LogP contribution in [0.4, 0.5) is 4.39 Å². The van der Waals surface area contributed by atoms with Crippen molar-refractivity contribution in [3.8, 4) is 0 Å². The van der Waals surface area contributed by atoms with E-state index in [-0.39, 0.29) is 30.4 Å². The minimum atomic E-state index is -0.358. The normalized spacial score (nSPS) is 15.0. The molecule has 1 fully saturated rings. The first-order valence-electron chi connectivity index (χ1n) is 6.54. The Labute approximate surface area is 117 Å². The lowest BCUT2D eigenvalue weighted by Gasteiger charge is -2.08. The molecule has 6 heteroatoms. The molecule has 0 radical (unpaired) electrons. The number of halogens is 1. The van der Waals surface area contributed by atoms with Crippen molar-refractivity contribution in [1.29, 1.82) is 0 Å². The van der Waals surface area contributed by atoms with Gasteiger partial charge in [-0.25, -0.2) is 9.38 Å². The van der Waals surface area contributed by atoms with Gasteiger partial charge in [0.25, 0.3) is 11.9 Å². The van der Waals surface area contributed by atoms with Gasteiger partial charge in [-0.3, -0.25) is 4.79 Å². The molecule has 2 rings (SSSR count). The van der Waals surface area contributed by atoms with Crippen molar-refractivity contribution in [3.63, 3.8) is 0 Å². The second-order valence-corrected chi connectivity index (χ2v) is 4.71. The number of hydrogen-bond donors (Lipinski definition) is 2. The van der Waals surface area contributed by atoms with Crippen LogP contribution in [-0.2, 0) is 11.2 Å². The molecule has 0 aromatic heterocycles. The summed E-state index contributed by atoms with van der Waals surface area (Å²) in [5.74, 6) is -0.520. The lowest BCUT2D eigenvalue weighted by molar-refractivity contribution is 0.0951. The third kappa shape index (κ3) is 3.94. The Morgan fingerprint density at radius 1 is 1.55 bits per heavy atom. The molecule has 20 heavy (non-hydrogen) atoms. The first kappa shape index (κ1) is 14.3. The summed E-state index contributed by atoms with van der Waals surface area (Å²) in [5, 5.41) is 2.87. The summed E-state index contributed by atoms with van der Waals surface area (Å²) in [7, 11) is 1.51. The van der Waals surface area contributed by atoms with Gasteiger partial charge in [0.05, 0.1) is 6.61 Å². The summed E-state index contributed by atoms with van der Waals surface area (Å²) in [5.41, 5.74) is 6.28. The van der Waals surface area contributed by atoms with Gasteiger partial charge in [0, 0.05) is 25.1 Å². The molecule has 1 amide bonds. The van der Waals surface area contributed by atoms with E-state index in [4.69, 9.17) is 10.5 Å². The number of rotatable bonds is 5. The quantitative estimate of drug-likeness (QED) is 0.628. The zero-order valence-corrected chi connectivity index (χ0v) is 11.4. The summed E-state index contributed by atoms with van der Waals surface area (Å²) < 4.78 is 18.8. The fourth-order valence-corrected chi connectivity index (χ4v) is 1.73. The fourth-order valence-electron chi connectivity index (χ4n) is 1.73. The third-order valence-corrected chi connectivity index (χ3v) is 3.06. The summed E-state index contributed by atoms with van der Waals surface area (Å²) >= 11 is 0. The predicted molar refractivity (Wildman–Crippen MR) is 74.1 cm³/mol. The summed E-state index contributed by atoms with van der Waals surface area (Å²) in [6, 6.07) is 4.68. The first-order valence-corrected chi connectivity index (χ1v) is 6.54. The van der Waals surface area contributed by atoms with Gasteiger partial charge in [-0.1, -0.05) is 0 Å². The molecule has 0 spiro atoms. The maximum atomic E-state index is 13.7. The average Bonchev–Trinajstić information content (AvgIpc) is 3.24. The topological polar surface area (TPSA) is 76.7 Å². The van der Waals surface area contributed by atoms with Crippen LogP contribution in [0.5, 0.6) is 0 Å². The van der Waals surface area contributed by atoms with Crippen molar-refractivity contribution < 1.29 is 13.9 Å². The van der Waals surface area contributed by atoms with Crippen LogP contribution >= 0.6 is 0 Å². The minimum absolute atomic E-state index is 0.0630. The Kier molecular flexibility index (Phi) is 4.55. The minimum Gasteiger partial charge on any atom is -0.465 e. The SMILES string of the molecule is C/N=C(/N)OCCc1cc(C(=O)NC2CC2)ccc1F. The second-order valence-electron chi connectivity index (χ2n) is 4.71. The molecule has 3 N–H and O–H groups in total. The highest BCUT2D eigenvalue weighted by Gasteiger charge is 2.24. The largest absolute Gasteiger partial charge is 0.465 e. The van der Waals surface area contributed by atoms with Gasteiger partial charge >= 0.3 is 0 Å². The Hall–Kier alpha value is -2.11. The number of nitrogens with zero attached hydrogens (tertiary/aromatic N) is 1. The van der Waals surface area contributed by atoms with E-state index in [9.17, 15) is 9.18 Å². The molecule has 1 saturated carbocycles. The van der Waals surface area contributed by atoms with E-state index in [0.717, 1.165) is 12.8 Å². The summed E-state index contributed by atoms with van der Waals surface area (Å²) in [6.45, 7) is 0.216. The van der Waals surface area contributed by atoms with Crippen molar-refractivity contribution in [2.75, 3.05) is 13.7 Å². The van der Waals surface area contributed by atoms with Crippen LogP contribution in [0.15, 0.2) is 23.2 Å². The number of amidine groups is 1. The summed E-state index contributed by atoms with van der Waals surface area (Å²) in [6.07, 6.45) is 2.36. The lowest BCUT2D eigenvalue weighted by Crippen LogP contribution is -2.25. The van der Waals surface area contributed by atoms with Crippen LogP contribution in [0.1, 0.15) is 28.8 Å². The van der Waals surface area contributed by atoms with E-state index in [1.165, 1.54) is 19.2 Å². The molecule has 0 saturated heterocycles. The van der Waals surface area contributed by atoms with E-state index in [2.05, 4.69) is 10.3 Å². The number of carbonyl (C=O) groups excluding carboxylic acids is 1. The van der Waals surface area contributed by atoms with E-state index in [1.54, 1.807) is 6.07 Å². The predicted octanol–water partition coefficient (Wildman–Crippen LogP) is 1.22. The average molecular weight is 279 g/mol. The standard InChI is InChI=1S/C14H18FN3O2/c1-17-14(16)20-7-6-9-8-10(2-5-12(9)15)13(19)18-11-3-4-11/h2,5,8,11H,3-4,6-7H2,1H3,(H2,16,17)(H,18,19). The van der Waals surface area contributed by atoms with Crippen molar-refractivity contribution >= 4 is 11.9 Å². The molecule has 0 unspecified atom stereocenters. The van der Waals surface area contributed by atoms with E-state index in [0.29, 0.717) is 17.5 Å². The smallest absolute Gasteiger partial charge is 0.281 e. The molecule has 0 aliphatic heterocycles. The Balaban J connectivity index is 1.98. The monoisotopic (exact) mass is 279 g/mol. The van der Waals surface area contributed by atoms with E-state index >= 15 is 0 Å². The molecule has 1 aliphatic carbocycles. The number of nitrogens with two attached hydrogens (primary N) is 1.